The Labute approximate surface area is 113 Å². The molecule has 0 heterocycles. The number of aromatic carboxylic acids is 1. The minimum atomic E-state index is -1.23. The normalized spacial score (nSPS) is 10.2. The van der Waals surface area contributed by atoms with Gasteiger partial charge in [-0.3, -0.25) is 0 Å². The van der Waals surface area contributed by atoms with Gasteiger partial charge in [-0.1, -0.05) is 0 Å². The van der Waals surface area contributed by atoms with Gasteiger partial charge in [-0.25, -0.2) is 13.6 Å². The molecule has 2 rings (SSSR count). The van der Waals surface area contributed by atoms with Gasteiger partial charge < -0.3 is 14.6 Å². The summed E-state index contributed by atoms with van der Waals surface area (Å²) in [5, 5.41) is 9.05. The van der Waals surface area contributed by atoms with Gasteiger partial charge in [0.05, 0.1) is 7.11 Å². The number of hydrogen-bond donors (Lipinski definition) is 1. The molecule has 0 radical (unpaired) electrons. The minimum absolute atomic E-state index is 0.0950. The Hall–Kier alpha value is -2.63. The van der Waals surface area contributed by atoms with Crippen molar-refractivity contribution >= 4 is 5.97 Å². The number of halogens is 2. The summed E-state index contributed by atoms with van der Waals surface area (Å²) < 4.78 is 36.5. The molecule has 1 N–H and O–H groups in total. The third-order valence-corrected chi connectivity index (χ3v) is 2.53. The van der Waals surface area contributed by atoms with Gasteiger partial charge in [0.1, 0.15) is 22.9 Å². The van der Waals surface area contributed by atoms with Crippen LogP contribution in [0.5, 0.6) is 17.2 Å². The van der Waals surface area contributed by atoms with Crippen LogP contribution in [0.25, 0.3) is 0 Å². The molecule has 104 valence electrons. The highest BCUT2D eigenvalue weighted by molar-refractivity contribution is 5.91. The van der Waals surface area contributed by atoms with Crippen molar-refractivity contribution in [2.24, 2.45) is 0 Å². The van der Waals surface area contributed by atoms with Crippen LogP contribution in [0.4, 0.5) is 8.78 Å². The zero-order chi connectivity index (χ0) is 14.7. The summed E-state index contributed by atoms with van der Waals surface area (Å²) in [4.78, 5) is 11.1. The summed E-state index contributed by atoms with van der Waals surface area (Å²) in [6.07, 6.45) is 0. The number of methoxy groups -OCH3 is 1. The molecule has 2 aromatic carbocycles. The maximum Gasteiger partial charge on any atom is 0.339 e. The van der Waals surface area contributed by atoms with Crippen molar-refractivity contribution in [2.75, 3.05) is 7.11 Å². The number of ether oxygens (including phenoxy) is 2. The van der Waals surface area contributed by atoms with Crippen LogP contribution in [0.2, 0.25) is 0 Å². The van der Waals surface area contributed by atoms with Gasteiger partial charge in [-0.05, 0) is 24.3 Å². The maximum absolute atomic E-state index is 13.5. The number of rotatable bonds is 4. The molecule has 6 heteroatoms. The second kappa shape index (κ2) is 5.56. The first-order valence-corrected chi connectivity index (χ1v) is 5.55. The fourth-order valence-corrected chi connectivity index (χ4v) is 1.57. The van der Waals surface area contributed by atoms with E-state index >= 15 is 0 Å². The number of hydrogen-bond acceptors (Lipinski definition) is 3. The smallest absolute Gasteiger partial charge is 0.339 e. The van der Waals surface area contributed by atoms with Crippen LogP contribution in [0.15, 0.2) is 36.4 Å². The van der Waals surface area contributed by atoms with E-state index in [0.29, 0.717) is 11.8 Å². The molecule has 0 aliphatic rings. The fraction of sp³-hybridized carbons (Fsp3) is 0.0714. The van der Waals surface area contributed by atoms with Crippen LogP contribution in [-0.4, -0.2) is 18.2 Å². The number of carboxylic acids is 1. The van der Waals surface area contributed by atoms with Gasteiger partial charge >= 0.3 is 5.97 Å². The first-order chi connectivity index (χ1) is 9.51. The van der Waals surface area contributed by atoms with Crippen molar-refractivity contribution in [2.45, 2.75) is 0 Å². The Kier molecular flexibility index (Phi) is 3.84. The van der Waals surface area contributed by atoms with Gasteiger partial charge in [0.25, 0.3) is 0 Å². The highest BCUT2D eigenvalue weighted by Gasteiger charge is 2.15. The molecule has 0 unspecified atom stereocenters. The van der Waals surface area contributed by atoms with Crippen LogP contribution < -0.4 is 9.47 Å². The molecule has 2 aromatic rings. The van der Waals surface area contributed by atoms with E-state index in [1.165, 1.54) is 25.3 Å². The average Bonchev–Trinajstić information content (AvgIpc) is 2.41. The third-order valence-electron chi connectivity index (χ3n) is 2.53. The molecule has 0 aliphatic heterocycles. The minimum Gasteiger partial charge on any atom is -0.497 e. The van der Waals surface area contributed by atoms with E-state index in [2.05, 4.69) is 0 Å². The molecule has 0 bridgehead atoms. The van der Waals surface area contributed by atoms with Gasteiger partial charge in [0.15, 0.2) is 11.6 Å². The quantitative estimate of drug-likeness (QED) is 0.931. The van der Waals surface area contributed by atoms with Crippen molar-refractivity contribution in [3.63, 3.8) is 0 Å². The largest absolute Gasteiger partial charge is 0.497 e. The molecule has 0 spiro atoms. The van der Waals surface area contributed by atoms with Crippen LogP contribution >= 0.6 is 0 Å². The molecular formula is C14H10F2O4. The molecule has 0 saturated heterocycles. The van der Waals surface area contributed by atoms with E-state index in [-0.39, 0.29) is 17.1 Å². The lowest BCUT2D eigenvalue weighted by Gasteiger charge is -2.11. The van der Waals surface area contributed by atoms with Gasteiger partial charge in [-0.2, -0.15) is 0 Å². The average molecular weight is 280 g/mol. The summed E-state index contributed by atoms with van der Waals surface area (Å²) in [6, 6.07) is 6.77. The summed E-state index contributed by atoms with van der Waals surface area (Å²) >= 11 is 0. The predicted molar refractivity (Wildman–Crippen MR) is 66.4 cm³/mol. The van der Waals surface area contributed by atoms with Crippen molar-refractivity contribution in [3.05, 3.63) is 53.6 Å². The van der Waals surface area contributed by atoms with E-state index in [4.69, 9.17) is 14.6 Å². The molecule has 0 aromatic heterocycles. The number of carboxylic acid groups (broad SMARTS) is 1. The predicted octanol–water partition coefficient (Wildman–Crippen LogP) is 3.46. The molecular weight excluding hydrogens is 270 g/mol. The second-order valence-corrected chi connectivity index (χ2v) is 3.84. The SMILES string of the molecule is COc1ccc(C(=O)O)c(Oc2ccc(F)cc2F)c1. The Morgan fingerprint density at radius 3 is 2.45 bits per heavy atom. The number of benzene rings is 2. The standard InChI is InChI=1S/C14H10F2O4/c1-19-9-3-4-10(14(17)18)13(7-9)20-12-5-2-8(15)6-11(12)16/h2-7H,1H3,(H,17,18). The molecule has 20 heavy (non-hydrogen) atoms. The third kappa shape index (κ3) is 2.85. The Balaban J connectivity index is 2.43. The molecule has 0 saturated carbocycles. The van der Waals surface area contributed by atoms with Gasteiger partial charge in [0, 0.05) is 12.1 Å². The Morgan fingerprint density at radius 2 is 1.85 bits per heavy atom. The summed E-state index contributed by atoms with van der Waals surface area (Å²) in [6.45, 7) is 0. The Bertz CT molecular complexity index is 656. The fourth-order valence-electron chi connectivity index (χ4n) is 1.57. The molecule has 0 atom stereocenters. The first-order valence-electron chi connectivity index (χ1n) is 5.55. The van der Waals surface area contributed by atoms with Crippen molar-refractivity contribution in [1.29, 1.82) is 0 Å². The van der Waals surface area contributed by atoms with Gasteiger partial charge in [-0.15, -0.1) is 0 Å². The van der Waals surface area contributed by atoms with Crippen LogP contribution in [0.3, 0.4) is 0 Å². The van der Waals surface area contributed by atoms with E-state index in [9.17, 15) is 13.6 Å². The summed E-state index contributed by atoms with van der Waals surface area (Å²) in [5.41, 5.74) is -0.158. The molecule has 0 amide bonds. The summed E-state index contributed by atoms with van der Waals surface area (Å²) in [5.74, 6) is -2.93. The zero-order valence-corrected chi connectivity index (χ0v) is 10.4. The maximum atomic E-state index is 13.5. The zero-order valence-electron chi connectivity index (χ0n) is 10.4. The molecule has 4 nitrogen and oxygen atoms in total. The summed E-state index contributed by atoms with van der Waals surface area (Å²) in [7, 11) is 1.40. The molecule has 0 aliphatic carbocycles. The highest BCUT2D eigenvalue weighted by Crippen LogP contribution is 2.31. The number of carbonyl (C=O) groups is 1. The second-order valence-electron chi connectivity index (χ2n) is 3.84. The lowest BCUT2D eigenvalue weighted by molar-refractivity contribution is 0.0694. The van der Waals surface area contributed by atoms with Crippen molar-refractivity contribution < 1.29 is 28.2 Å². The van der Waals surface area contributed by atoms with E-state index < -0.39 is 17.6 Å². The lowest BCUT2D eigenvalue weighted by Crippen LogP contribution is -2.01. The van der Waals surface area contributed by atoms with Crippen molar-refractivity contribution in [1.82, 2.24) is 0 Å². The van der Waals surface area contributed by atoms with E-state index in [1.807, 2.05) is 0 Å². The van der Waals surface area contributed by atoms with Crippen LogP contribution in [0.1, 0.15) is 10.4 Å². The van der Waals surface area contributed by atoms with Gasteiger partial charge in [0.2, 0.25) is 0 Å². The Morgan fingerprint density at radius 1 is 1.10 bits per heavy atom. The monoisotopic (exact) mass is 280 g/mol. The van der Waals surface area contributed by atoms with Crippen molar-refractivity contribution in [3.8, 4) is 17.2 Å². The van der Waals surface area contributed by atoms with Crippen LogP contribution in [0, 0.1) is 11.6 Å². The highest BCUT2D eigenvalue weighted by atomic mass is 19.1. The molecule has 0 fully saturated rings. The first kappa shape index (κ1) is 13.8. The van der Waals surface area contributed by atoms with E-state index in [0.717, 1.165) is 12.1 Å². The lowest BCUT2D eigenvalue weighted by atomic mass is 10.2. The van der Waals surface area contributed by atoms with Crippen LogP contribution in [-0.2, 0) is 0 Å². The topological polar surface area (TPSA) is 55.8 Å². The van der Waals surface area contributed by atoms with E-state index in [1.54, 1.807) is 0 Å².